The molecule has 0 radical (unpaired) electrons. The summed E-state index contributed by atoms with van der Waals surface area (Å²) in [5, 5.41) is 21.6. The van der Waals surface area contributed by atoms with Crippen LogP contribution in [0.2, 0.25) is 0 Å². The van der Waals surface area contributed by atoms with Crippen molar-refractivity contribution >= 4 is 0 Å². The second-order valence-corrected chi connectivity index (χ2v) is 6.53. The first-order chi connectivity index (χ1) is 14.4. The maximum atomic E-state index is 12.4. The highest BCUT2D eigenvalue weighted by atomic mass is 19.4. The van der Waals surface area contributed by atoms with E-state index in [2.05, 4.69) is 24.9 Å². The largest absolute Gasteiger partial charge is 0.573 e. The molecule has 3 aromatic rings. The summed E-state index contributed by atoms with van der Waals surface area (Å²) in [5.41, 5.74) is -1.26. The van der Waals surface area contributed by atoms with Crippen molar-refractivity contribution in [2.24, 2.45) is 0 Å². The SMILES string of the molecule is CC(c1c[nH]nn1)C(O)(c1ccc(OC(F)(F)F)cc1)c1ccc(OC(F)(F)F)cc1. The van der Waals surface area contributed by atoms with Crippen LogP contribution in [0.3, 0.4) is 0 Å². The smallest absolute Gasteiger partial charge is 0.406 e. The van der Waals surface area contributed by atoms with Gasteiger partial charge < -0.3 is 14.6 Å². The molecule has 12 heteroatoms. The second-order valence-electron chi connectivity index (χ2n) is 6.53. The van der Waals surface area contributed by atoms with Crippen LogP contribution in [0.1, 0.15) is 29.7 Å². The molecule has 1 unspecified atom stereocenters. The molecule has 0 amide bonds. The Hall–Kier alpha value is -3.28. The lowest BCUT2D eigenvalue weighted by Crippen LogP contribution is -2.34. The summed E-state index contributed by atoms with van der Waals surface area (Å²) in [5.74, 6) is -1.79. The Bertz CT molecular complexity index is 927. The zero-order valence-electron chi connectivity index (χ0n) is 15.7. The summed E-state index contributed by atoms with van der Waals surface area (Å²) in [6.45, 7) is 1.58. The molecule has 1 heterocycles. The number of aromatic amines is 1. The van der Waals surface area contributed by atoms with Crippen molar-refractivity contribution in [1.29, 1.82) is 0 Å². The average molecular weight is 447 g/mol. The van der Waals surface area contributed by atoms with E-state index in [0.717, 1.165) is 24.3 Å². The molecule has 2 N–H and O–H groups in total. The molecule has 0 saturated carbocycles. The predicted molar refractivity (Wildman–Crippen MR) is 94.0 cm³/mol. The third kappa shape index (κ3) is 5.26. The third-order valence-electron chi connectivity index (χ3n) is 4.56. The number of nitrogens with one attached hydrogen (secondary N) is 1. The summed E-state index contributed by atoms with van der Waals surface area (Å²) in [7, 11) is 0. The van der Waals surface area contributed by atoms with E-state index >= 15 is 0 Å². The molecule has 0 bridgehead atoms. The molecule has 0 fully saturated rings. The lowest BCUT2D eigenvalue weighted by Gasteiger charge is -2.34. The molecule has 31 heavy (non-hydrogen) atoms. The zero-order chi connectivity index (χ0) is 22.9. The van der Waals surface area contributed by atoms with Gasteiger partial charge in [-0.3, -0.25) is 5.10 Å². The van der Waals surface area contributed by atoms with E-state index in [9.17, 15) is 31.4 Å². The van der Waals surface area contributed by atoms with Gasteiger partial charge in [0, 0.05) is 12.1 Å². The van der Waals surface area contributed by atoms with Gasteiger partial charge in [0.1, 0.15) is 17.1 Å². The molecule has 2 aromatic carbocycles. The molecule has 0 aliphatic carbocycles. The van der Waals surface area contributed by atoms with E-state index in [0.29, 0.717) is 5.69 Å². The van der Waals surface area contributed by atoms with E-state index in [1.165, 1.54) is 30.5 Å². The van der Waals surface area contributed by atoms with Crippen LogP contribution in [0.4, 0.5) is 26.3 Å². The lowest BCUT2D eigenvalue weighted by atomic mass is 9.75. The van der Waals surface area contributed by atoms with Crippen LogP contribution in [-0.2, 0) is 5.60 Å². The Morgan fingerprint density at radius 1 is 0.806 bits per heavy atom. The molecular formula is C19H15F6N3O3. The molecule has 0 spiro atoms. The molecule has 0 aliphatic rings. The van der Waals surface area contributed by atoms with Gasteiger partial charge in [-0.25, -0.2) is 0 Å². The van der Waals surface area contributed by atoms with E-state index < -0.39 is 35.7 Å². The molecule has 0 aliphatic heterocycles. The van der Waals surface area contributed by atoms with Crippen LogP contribution in [0, 0.1) is 0 Å². The molecule has 3 rings (SSSR count). The van der Waals surface area contributed by atoms with Crippen LogP contribution >= 0.6 is 0 Å². The maximum Gasteiger partial charge on any atom is 0.573 e. The molecule has 6 nitrogen and oxygen atoms in total. The van der Waals surface area contributed by atoms with E-state index in [1.807, 2.05) is 0 Å². The normalized spacial score (nSPS) is 13.7. The minimum absolute atomic E-state index is 0.155. The van der Waals surface area contributed by atoms with Crippen molar-refractivity contribution in [2.45, 2.75) is 31.2 Å². The predicted octanol–water partition coefficient (Wildman–Crippen LogP) is 4.64. The maximum absolute atomic E-state index is 12.4. The van der Waals surface area contributed by atoms with Gasteiger partial charge in [-0.05, 0) is 35.4 Å². The van der Waals surface area contributed by atoms with Gasteiger partial charge in [0.2, 0.25) is 0 Å². The van der Waals surface area contributed by atoms with Crippen LogP contribution in [-0.4, -0.2) is 33.2 Å². The van der Waals surface area contributed by atoms with Crippen molar-refractivity contribution < 1.29 is 40.9 Å². The van der Waals surface area contributed by atoms with Crippen molar-refractivity contribution in [2.75, 3.05) is 0 Å². The van der Waals surface area contributed by atoms with Gasteiger partial charge in [-0.15, -0.1) is 31.4 Å². The number of benzene rings is 2. The van der Waals surface area contributed by atoms with E-state index in [1.54, 1.807) is 6.92 Å². The second kappa shape index (κ2) is 8.10. The molecule has 0 saturated heterocycles. The molecule has 166 valence electrons. The number of ether oxygens (including phenoxy) is 2. The molecular weight excluding hydrogens is 432 g/mol. The van der Waals surface area contributed by atoms with Gasteiger partial charge in [0.15, 0.2) is 0 Å². The first-order valence-corrected chi connectivity index (χ1v) is 8.70. The highest BCUT2D eigenvalue weighted by Gasteiger charge is 2.40. The van der Waals surface area contributed by atoms with Gasteiger partial charge in [0.05, 0.1) is 5.69 Å². The summed E-state index contributed by atoms with van der Waals surface area (Å²) in [6.07, 6.45) is -8.36. The average Bonchev–Trinajstić information content (AvgIpc) is 3.20. The number of H-pyrrole nitrogens is 1. The van der Waals surface area contributed by atoms with Crippen molar-refractivity contribution in [3.05, 3.63) is 71.5 Å². The quantitative estimate of drug-likeness (QED) is 0.538. The number of aliphatic hydroxyl groups is 1. The minimum Gasteiger partial charge on any atom is -0.406 e. The number of nitrogens with zero attached hydrogens (tertiary/aromatic N) is 2. The third-order valence-corrected chi connectivity index (χ3v) is 4.56. The number of rotatable bonds is 6. The summed E-state index contributed by atoms with van der Waals surface area (Å²) in [6, 6.07) is 8.95. The number of halogens is 6. The standard InChI is InChI=1S/C19H15F6N3O3/c1-11(16-10-26-28-27-16)17(29,12-2-6-14(7-3-12)30-18(20,21)22)13-4-8-15(9-5-13)31-19(23,24)25/h2-11,29H,1H3,(H,26,27,28). The Kier molecular flexibility index (Phi) is 5.85. The van der Waals surface area contributed by atoms with Crippen LogP contribution in [0.25, 0.3) is 0 Å². The fourth-order valence-electron chi connectivity index (χ4n) is 3.12. The number of alkyl halides is 6. The van der Waals surface area contributed by atoms with Gasteiger partial charge >= 0.3 is 12.7 Å². The van der Waals surface area contributed by atoms with E-state index in [-0.39, 0.29) is 11.1 Å². The monoisotopic (exact) mass is 447 g/mol. The lowest BCUT2D eigenvalue weighted by molar-refractivity contribution is -0.275. The summed E-state index contributed by atoms with van der Waals surface area (Å²) in [4.78, 5) is 0. The summed E-state index contributed by atoms with van der Waals surface area (Å²) >= 11 is 0. The molecule has 1 atom stereocenters. The summed E-state index contributed by atoms with van der Waals surface area (Å²) < 4.78 is 82.2. The Morgan fingerprint density at radius 2 is 1.23 bits per heavy atom. The topological polar surface area (TPSA) is 80.3 Å². The van der Waals surface area contributed by atoms with Crippen molar-refractivity contribution in [1.82, 2.24) is 15.4 Å². The van der Waals surface area contributed by atoms with Crippen LogP contribution in [0.15, 0.2) is 54.7 Å². The Morgan fingerprint density at radius 3 is 1.55 bits per heavy atom. The Balaban J connectivity index is 2.02. The van der Waals surface area contributed by atoms with Crippen LogP contribution < -0.4 is 9.47 Å². The number of aromatic nitrogens is 3. The van der Waals surface area contributed by atoms with Crippen LogP contribution in [0.5, 0.6) is 11.5 Å². The Labute approximate surface area is 171 Å². The highest BCUT2D eigenvalue weighted by molar-refractivity contribution is 5.43. The van der Waals surface area contributed by atoms with Gasteiger partial charge in [-0.1, -0.05) is 36.4 Å². The first kappa shape index (κ1) is 22.4. The fourth-order valence-corrected chi connectivity index (χ4v) is 3.12. The van der Waals surface area contributed by atoms with E-state index in [4.69, 9.17) is 0 Å². The minimum atomic E-state index is -4.89. The van der Waals surface area contributed by atoms with Gasteiger partial charge in [-0.2, -0.15) is 0 Å². The zero-order valence-corrected chi connectivity index (χ0v) is 15.7. The number of hydrogen-bond acceptors (Lipinski definition) is 5. The number of hydrogen-bond donors (Lipinski definition) is 2. The van der Waals surface area contributed by atoms with Crippen molar-refractivity contribution in [3.63, 3.8) is 0 Å². The highest BCUT2D eigenvalue weighted by Crippen LogP contribution is 2.43. The molecule has 1 aromatic heterocycles. The fraction of sp³-hybridized carbons (Fsp3) is 0.263. The first-order valence-electron chi connectivity index (χ1n) is 8.70. The van der Waals surface area contributed by atoms with Crippen molar-refractivity contribution in [3.8, 4) is 11.5 Å². The van der Waals surface area contributed by atoms with Gasteiger partial charge in [0.25, 0.3) is 0 Å².